The zero-order valence-corrected chi connectivity index (χ0v) is 7.87. The molecule has 0 aliphatic rings. The Morgan fingerprint density at radius 1 is 1.45 bits per heavy atom. The average molecular weight is 168 g/mol. The topological polar surface area (TPSA) is 17.1 Å². The zero-order valence-electron chi connectivity index (χ0n) is 7.05. The summed E-state index contributed by atoms with van der Waals surface area (Å²) in [6.45, 7) is 5.81. The van der Waals surface area contributed by atoms with Gasteiger partial charge in [0.05, 0.1) is 0 Å². The van der Waals surface area contributed by atoms with Gasteiger partial charge in [0.1, 0.15) is 0 Å². The van der Waals surface area contributed by atoms with Gasteiger partial charge in [0.15, 0.2) is 5.78 Å². The Kier molecular flexibility index (Phi) is 2.14. The summed E-state index contributed by atoms with van der Waals surface area (Å²) in [6, 6.07) is 1.87. The molecule has 0 atom stereocenters. The van der Waals surface area contributed by atoms with Gasteiger partial charge in [-0.1, -0.05) is 20.8 Å². The number of carbonyl (C=O) groups excluding carboxylic acids is 1. The first kappa shape index (κ1) is 8.47. The number of ketones is 1. The average Bonchev–Trinajstić information content (AvgIpc) is 2.34. The molecule has 0 spiro atoms. The van der Waals surface area contributed by atoms with E-state index in [1.54, 1.807) is 11.3 Å². The summed E-state index contributed by atoms with van der Waals surface area (Å²) in [7, 11) is 0. The number of Topliss-reactive ketones (excluding diaryl/α,β-unsaturated/α-hetero) is 1. The normalized spacial score (nSPS) is 11.5. The molecule has 0 radical (unpaired) electrons. The number of thiophene rings is 1. The van der Waals surface area contributed by atoms with E-state index in [0.717, 1.165) is 5.56 Å². The standard InChI is InChI=1S/C9H12OS/c1-9(2,3)8(10)7-4-5-11-6-7/h4-6H,1-3H3. The largest absolute Gasteiger partial charge is 0.294 e. The SMILES string of the molecule is CC(C)(C)C(=O)c1ccsc1. The summed E-state index contributed by atoms with van der Waals surface area (Å²) in [4.78, 5) is 11.5. The molecular formula is C9H12OS. The molecule has 1 heterocycles. The molecule has 0 saturated heterocycles. The van der Waals surface area contributed by atoms with Gasteiger partial charge in [-0.2, -0.15) is 11.3 Å². The van der Waals surface area contributed by atoms with E-state index in [1.807, 2.05) is 37.6 Å². The van der Waals surface area contributed by atoms with Gasteiger partial charge in [-0.05, 0) is 11.4 Å². The monoisotopic (exact) mass is 168 g/mol. The van der Waals surface area contributed by atoms with Crippen molar-refractivity contribution in [3.63, 3.8) is 0 Å². The van der Waals surface area contributed by atoms with Gasteiger partial charge in [-0.3, -0.25) is 4.79 Å². The molecular weight excluding hydrogens is 156 g/mol. The highest BCUT2D eigenvalue weighted by atomic mass is 32.1. The predicted molar refractivity (Wildman–Crippen MR) is 48.1 cm³/mol. The first-order valence-electron chi connectivity index (χ1n) is 3.59. The van der Waals surface area contributed by atoms with Crippen LogP contribution in [-0.4, -0.2) is 5.78 Å². The lowest BCUT2D eigenvalue weighted by atomic mass is 9.88. The third-order valence-corrected chi connectivity index (χ3v) is 2.15. The molecule has 0 aliphatic carbocycles. The number of hydrogen-bond donors (Lipinski definition) is 0. The van der Waals surface area contributed by atoms with Crippen molar-refractivity contribution in [2.24, 2.45) is 5.41 Å². The summed E-state index contributed by atoms with van der Waals surface area (Å²) in [5.74, 6) is 0.221. The first-order chi connectivity index (χ1) is 5.02. The van der Waals surface area contributed by atoms with E-state index in [4.69, 9.17) is 0 Å². The molecule has 0 aromatic carbocycles. The lowest BCUT2D eigenvalue weighted by Gasteiger charge is -2.14. The molecule has 11 heavy (non-hydrogen) atoms. The summed E-state index contributed by atoms with van der Waals surface area (Å²) in [5.41, 5.74) is 0.587. The van der Waals surface area contributed by atoms with Crippen LogP contribution >= 0.6 is 11.3 Å². The highest BCUT2D eigenvalue weighted by molar-refractivity contribution is 7.08. The van der Waals surface area contributed by atoms with Crippen LogP contribution in [0.25, 0.3) is 0 Å². The van der Waals surface area contributed by atoms with Crippen molar-refractivity contribution in [3.8, 4) is 0 Å². The van der Waals surface area contributed by atoms with Crippen LogP contribution in [0, 0.1) is 5.41 Å². The van der Waals surface area contributed by atoms with Crippen molar-refractivity contribution in [2.45, 2.75) is 20.8 Å². The van der Waals surface area contributed by atoms with Crippen molar-refractivity contribution in [3.05, 3.63) is 22.4 Å². The Bertz CT molecular complexity index is 241. The maximum atomic E-state index is 11.5. The van der Waals surface area contributed by atoms with Crippen LogP contribution in [-0.2, 0) is 0 Å². The van der Waals surface area contributed by atoms with Crippen LogP contribution in [0.2, 0.25) is 0 Å². The third kappa shape index (κ3) is 1.90. The first-order valence-corrected chi connectivity index (χ1v) is 4.53. The second kappa shape index (κ2) is 2.78. The summed E-state index contributed by atoms with van der Waals surface area (Å²) in [5, 5.41) is 3.83. The fourth-order valence-corrected chi connectivity index (χ4v) is 1.46. The highest BCUT2D eigenvalue weighted by Crippen LogP contribution is 2.21. The van der Waals surface area contributed by atoms with E-state index in [1.165, 1.54) is 0 Å². The molecule has 1 aromatic rings. The second-order valence-electron chi connectivity index (χ2n) is 3.59. The van der Waals surface area contributed by atoms with Crippen molar-refractivity contribution in [1.29, 1.82) is 0 Å². The van der Waals surface area contributed by atoms with Crippen LogP contribution in [0.3, 0.4) is 0 Å². The molecule has 60 valence electrons. The number of carbonyl (C=O) groups is 1. The van der Waals surface area contributed by atoms with Gasteiger partial charge < -0.3 is 0 Å². The zero-order chi connectivity index (χ0) is 8.48. The van der Waals surface area contributed by atoms with Crippen LogP contribution in [0.4, 0.5) is 0 Å². The van der Waals surface area contributed by atoms with E-state index >= 15 is 0 Å². The Morgan fingerprint density at radius 3 is 2.45 bits per heavy atom. The van der Waals surface area contributed by atoms with Crippen molar-refractivity contribution >= 4 is 17.1 Å². The summed E-state index contributed by atoms with van der Waals surface area (Å²) >= 11 is 1.56. The number of hydrogen-bond acceptors (Lipinski definition) is 2. The molecule has 0 N–H and O–H groups in total. The maximum absolute atomic E-state index is 11.5. The van der Waals surface area contributed by atoms with E-state index in [2.05, 4.69) is 0 Å². The Hall–Kier alpha value is -0.630. The van der Waals surface area contributed by atoms with Crippen molar-refractivity contribution in [1.82, 2.24) is 0 Å². The molecule has 0 bridgehead atoms. The molecule has 1 rings (SSSR count). The minimum atomic E-state index is -0.249. The molecule has 0 unspecified atom stereocenters. The maximum Gasteiger partial charge on any atom is 0.169 e. The van der Waals surface area contributed by atoms with Crippen LogP contribution < -0.4 is 0 Å². The van der Waals surface area contributed by atoms with Gasteiger partial charge in [-0.25, -0.2) is 0 Å². The van der Waals surface area contributed by atoms with Crippen molar-refractivity contribution in [2.75, 3.05) is 0 Å². The smallest absolute Gasteiger partial charge is 0.169 e. The summed E-state index contributed by atoms with van der Waals surface area (Å²) in [6.07, 6.45) is 0. The predicted octanol–water partition coefficient (Wildman–Crippen LogP) is 2.98. The van der Waals surface area contributed by atoms with Crippen LogP contribution in [0.1, 0.15) is 31.1 Å². The lowest BCUT2D eigenvalue weighted by Crippen LogP contribution is -2.19. The van der Waals surface area contributed by atoms with Gasteiger partial charge in [0, 0.05) is 16.4 Å². The molecule has 0 amide bonds. The minimum absolute atomic E-state index is 0.221. The molecule has 0 saturated carbocycles. The molecule has 0 aliphatic heterocycles. The Morgan fingerprint density at radius 2 is 2.09 bits per heavy atom. The molecule has 0 fully saturated rings. The van der Waals surface area contributed by atoms with Gasteiger partial charge in [0.2, 0.25) is 0 Å². The Labute approximate surface area is 71.1 Å². The molecule has 1 aromatic heterocycles. The van der Waals surface area contributed by atoms with Crippen LogP contribution in [0.5, 0.6) is 0 Å². The Balaban J connectivity index is 2.88. The quantitative estimate of drug-likeness (QED) is 0.589. The fraction of sp³-hybridized carbons (Fsp3) is 0.444. The van der Waals surface area contributed by atoms with E-state index in [0.29, 0.717) is 0 Å². The van der Waals surface area contributed by atoms with E-state index in [9.17, 15) is 4.79 Å². The summed E-state index contributed by atoms with van der Waals surface area (Å²) < 4.78 is 0. The van der Waals surface area contributed by atoms with Gasteiger partial charge in [-0.15, -0.1) is 0 Å². The van der Waals surface area contributed by atoms with E-state index in [-0.39, 0.29) is 11.2 Å². The highest BCUT2D eigenvalue weighted by Gasteiger charge is 2.22. The van der Waals surface area contributed by atoms with Gasteiger partial charge in [0.25, 0.3) is 0 Å². The van der Waals surface area contributed by atoms with Crippen molar-refractivity contribution < 1.29 is 4.79 Å². The van der Waals surface area contributed by atoms with Crippen LogP contribution in [0.15, 0.2) is 16.8 Å². The fourth-order valence-electron chi connectivity index (χ4n) is 0.827. The van der Waals surface area contributed by atoms with E-state index < -0.39 is 0 Å². The second-order valence-corrected chi connectivity index (χ2v) is 4.37. The third-order valence-electron chi connectivity index (χ3n) is 1.46. The lowest BCUT2D eigenvalue weighted by molar-refractivity contribution is 0.0859. The minimum Gasteiger partial charge on any atom is -0.294 e. The van der Waals surface area contributed by atoms with Gasteiger partial charge >= 0.3 is 0 Å². The molecule has 2 heteroatoms. The number of rotatable bonds is 1. The molecule has 1 nitrogen and oxygen atoms in total.